The van der Waals surface area contributed by atoms with Crippen LogP contribution in [0.1, 0.15) is 63.9 Å². The Morgan fingerprint density at radius 2 is 1.82 bits per heavy atom. The van der Waals surface area contributed by atoms with E-state index in [0.29, 0.717) is 30.1 Å². The second kappa shape index (κ2) is 8.57. The molecule has 1 saturated heterocycles. The van der Waals surface area contributed by atoms with Crippen LogP contribution >= 0.6 is 11.6 Å². The Morgan fingerprint density at radius 3 is 2.67 bits per heavy atom. The Balaban J connectivity index is 1.37. The minimum atomic E-state index is -3.97. The van der Waals surface area contributed by atoms with Gasteiger partial charge in [0.2, 0.25) is 0 Å². The summed E-state index contributed by atoms with van der Waals surface area (Å²) in [6.45, 7) is 0.183. The molecule has 0 spiro atoms. The molecule has 0 saturated carbocycles. The van der Waals surface area contributed by atoms with Gasteiger partial charge >= 0.3 is 5.97 Å². The van der Waals surface area contributed by atoms with Crippen molar-refractivity contribution in [1.82, 2.24) is 0 Å². The number of carbonyl (C=O) groups excluding carboxylic acids is 2. The van der Waals surface area contributed by atoms with Crippen molar-refractivity contribution in [2.24, 2.45) is 4.40 Å². The molecule has 3 aliphatic rings. The van der Waals surface area contributed by atoms with Crippen molar-refractivity contribution in [2.75, 3.05) is 18.1 Å². The van der Waals surface area contributed by atoms with Gasteiger partial charge < -0.3 is 9.64 Å². The lowest BCUT2D eigenvalue weighted by Crippen LogP contribution is -2.35. The quantitative estimate of drug-likeness (QED) is 0.471. The molecule has 2 aliphatic heterocycles. The third-order valence-corrected chi connectivity index (χ3v) is 8.06. The maximum absolute atomic E-state index is 12.8. The van der Waals surface area contributed by atoms with Crippen molar-refractivity contribution in [2.45, 2.75) is 49.8 Å². The number of hydrogen-bond acceptors (Lipinski definition) is 6. The molecule has 0 N–H and O–H groups in total. The van der Waals surface area contributed by atoms with Gasteiger partial charge in [-0.2, -0.15) is 8.42 Å². The molecule has 1 fully saturated rings. The lowest BCUT2D eigenvalue weighted by molar-refractivity contribution is 0.0474. The smallest absolute Gasteiger partial charge is 0.340 e. The summed E-state index contributed by atoms with van der Waals surface area (Å²) in [5.41, 5.74) is 3.22. The average Bonchev–Trinajstić information content (AvgIpc) is 3.14. The normalized spacial score (nSPS) is 18.5. The number of sulfonamides is 1. The summed E-state index contributed by atoms with van der Waals surface area (Å²) < 4.78 is 34.8. The number of fused-ring (bicyclic) bond motifs is 4. The summed E-state index contributed by atoms with van der Waals surface area (Å²) >= 11 is 6.37. The molecule has 2 aromatic carbocycles. The number of anilines is 1. The van der Waals surface area contributed by atoms with Crippen LogP contribution in [-0.2, 0) is 27.6 Å². The third-order valence-electron chi connectivity index (χ3n) is 6.41. The fourth-order valence-electron chi connectivity index (χ4n) is 4.69. The summed E-state index contributed by atoms with van der Waals surface area (Å²) in [5.74, 6) is -0.664. The van der Waals surface area contributed by atoms with Crippen molar-refractivity contribution < 1.29 is 22.7 Å². The largest absolute Gasteiger partial charge is 0.454 e. The number of halogens is 1. The molecule has 2 heterocycles. The number of carbonyl (C=O) groups is 2. The van der Waals surface area contributed by atoms with Crippen molar-refractivity contribution in [3.8, 4) is 0 Å². The molecule has 172 valence electrons. The number of nitrogens with zero attached hydrogens (tertiary/aromatic N) is 2. The molecule has 0 amide bonds. The van der Waals surface area contributed by atoms with E-state index < -0.39 is 22.6 Å². The average molecular weight is 487 g/mol. The van der Waals surface area contributed by atoms with Gasteiger partial charge in [-0.25, -0.2) is 4.79 Å². The molecular weight excluding hydrogens is 464 g/mol. The number of esters is 1. The van der Waals surface area contributed by atoms with Crippen LogP contribution in [0.3, 0.4) is 0 Å². The number of rotatable bonds is 4. The van der Waals surface area contributed by atoms with Gasteiger partial charge in [-0.05, 0) is 61.4 Å². The molecule has 0 unspecified atom stereocenters. The Kier molecular flexibility index (Phi) is 5.74. The molecule has 0 radical (unpaired) electrons. The van der Waals surface area contributed by atoms with Crippen LogP contribution in [0.25, 0.3) is 0 Å². The van der Waals surface area contributed by atoms with Crippen molar-refractivity contribution in [3.05, 3.63) is 57.6 Å². The minimum absolute atomic E-state index is 0.0735. The summed E-state index contributed by atoms with van der Waals surface area (Å²) in [6.07, 6.45) is 6.37. The summed E-state index contributed by atoms with van der Waals surface area (Å²) in [6, 6.07) is 8.23. The maximum atomic E-state index is 12.8. The Hall–Kier alpha value is -2.71. The van der Waals surface area contributed by atoms with Crippen molar-refractivity contribution >= 4 is 44.9 Å². The van der Waals surface area contributed by atoms with Crippen molar-refractivity contribution in [1.29, 1.82) is 0 Å². The van der Waals surface area contributed by atoms with Gasteiger partial charge in [0, 0.05) is 18.5 Å². The van der Waals surface area contributed by atoms with Crippen LogP contribution in [0.2, 0.25) is 5.02 Å². The fraction of sp³-hybridized carbons (Fsp3) is 0.375. The predicted octanol–water partition coefficient (Wildman–Crippen LogP) is 4.35. The number of Topliss-reactive ketones (excluding diaryl/α,β-unsaturated/α-hetero) is 1. The molecule has 5 rings (SSSR count). The van der Waals surface area contributed by atoms with E-state index in [2.05, 4.69) is 4.40 Å². The van der Waals surface area contributed by atoms with E-state index in [4.69, 9.17) is 16.3 Å². The molecule has 0 atom stereocenters. The predicted molar refractivity (Wildman–Crippen MR) is 125 cm³/mol. The number of ether oxygens (including phenoxy) is 1. The van der Waals surface area contributed by atoms with E-state index >= 15 is 0 Å². The molecule has 1 aliphatic carbocycles. The van der Waals surface area contributed by atoms with Gasteiger partial charge in [0.25, 0.3) is 10.0 Å². The fourth-order valence-corrected chi connectivity index (χ4v) is 6.19. The number of amidine groups is 1. The van der Waals surface area contributed by atoms with Crippen LogP contribution in [0.15, 0.2) is 39.6 Å². The van der Waals surface area contributed by atoms with Gasteiger partial charge in [0.1, 0.15) is 10.7 Å². The van der Waals surface area contributed by atoms with E-state index in [0.717, 1.165) is 44.1 Å². The van der Waals surface area contributed by atoms with Crippen LogP contribution in [-0.4, -0.2) is 39.2 Å². The SMILES string of the molecule is O=C(COC(=O)c1cc2c(cc1Cl)N1CCCCCC1=NS2(=O)=O)c1ccc2c(c1)CCC2. The number of aryl methyl sites for hydroxylation is 2. The highest BCUT2D eigenvalue weighted by molar-refractivity contribution is 7.90. The van der Waals surface area contributed by atoms with Gasteiger partial charge in [-0.15, -0.1) is 4.40 Å². The zero-order valence-corrected chi connectivity index (χ0v) is 19.5. The van der Waals surface area contributed by atoms with Gasteiger partial charge in [0.15, 0.2) is 12.4 Å². The number of benzene rings is 2. The van der Waals surface area contributed by atoms with Crippen LogP contribution < -0.4 is 4.90 Å². The monoisotopic (exact) mass is 486 g/mol. The van der Waals surface area contributed by atoms with E-state index in [1.807, 2.05) is 17.0 Å². The lowest BCUT2D eigenvalue weighted by atomic mass is 10.0. The first-order chi connectivity index (χ1) is 15.8. The highest BCUT2D eigenvalue weighted by Gasteiger charge is 2.33. The first-order valence-electron chi connectivity index (χ1n) is 11.1. The number of hydrogen-bond donors (Lipinski definition) is 0. The highest BCUT2D eigenvalue weighted by Crippen LogP contribution is 2.38. The summed E-state index contributed by atoms with van der Waals surface area (Å²) in [4.78, 5) is 27.1. The van der Waals surface area contributed by atoms with Crippen LogP contribution in [0.4, 0.5) is 5.69 Å². The van der Waals surface area contributed by atoms with Gasteiger partial charge in [0.05, 0.1) is 16.3 Å². The van der Waals surface area contributed by atoms with Gasteiger partial charge in [-0.1, -0.05) is 30.2 Å². The standard InChI is InChI=1S/C24H23ClN2O5S/c25-19-13-20-22(33(30,31)26-23-7-2-1-3-10-27(20)23)12-18(19)24(29)32-14-21(28)17-9-8-15-5-4-6-16(15)11-17/h8-9,11-13H,1-7,10,14H2. The van der Waals surface area contributed by atoms with E-state index in [-0.39, 0.29) is 21.3 Å². The highest BCUT2D eigenvalue weighted by atomic mass is 35.5. The van der Waals surface area contributed by atoms with E-state index in [1.165, 1.54) is 17.7 Å². The lowest BCUT2D eigenvalue weighted by Gasteiger charge is -2.30. The van der Waals surface area contributed by atoms with Gasteiger partial charge in [-0.3, -0.25) is 4.79 Å². The molecule has 0 aromatic heterocycles. The second-order valence-electron chi connectivity index (χ2n) is 8.58. The zero-order chi connectivity index (χ0) is 23.2. The zero-order valence-electron chi connectivity index (χ0n) is 18.0. The Morgan fingerprint density at radius 1 is 1.00 bits per heavy atom. The Bertz CT molecular complexity index is 1300. The van der Waals surface area contributed by atoms with Crippen molar-refractivity contribution in [3.63, 3.8) is 0 Å². The topological polar surface area (TPSA) is 93.1 Å². The first kappa shape index (κ1) is 22.1. The summed E-state index contributed by atoms with van der Waals surface area (Å²) in [5, 5.41) is 0.0735. The van der Waals surface area contributed by atoms with E-state index in [1.54, 1.807) is 6.07 Å². The van der Waals surface area contributed by atoms with Crippen LogP contribution in [0, 0.1) is 0 Å². The molecular formula is C24H23ClN2O5S. The molecule has 2 aromatic rings. The maximum Gasteiger partial charge on any atom is 0.340 e. The Labute approximate surface area is 197 Å². The summed E-state index contributed by atoms with van der Waals surface area (Å²) in [7, 11) is -3.97. The molecule has 0 bridgehead atoms. The second-order valence-corrected chi connectivity index (χ2v) is 10.6. The molecule has 7 nitrogen and oxygen atoms in total. The molecule has 33 heavy (non-hydrogen) atoms. The number of ketones is 1. The van der Waals surface area contributed by atoms with E-state index in [9.17, 15) is 18.0 Å². The third kappa shape index (κ3) is 4.17. The molecule has 9 heteroatoms. The van der Waals surface area contributed by atoms with Crippen LogP contribution in [0.5, 0.6) is 0 Å². The minimum Gasteiger partial charge on any atom is -0.454 e. The first-order valence-corrected chi connectivity index (χ1v) is 12.9.